The van der Waals surface area contributed by atoms with Gasteiger partial charge in [-0.1, -0.05) is 348 Å². The Morgan fingerprint density at radius 1 is 0.250 bits per heavy atom. The smallest absolute Gasteiger partial charge is 0.306 e. The third-order valence-electron chi connectivity index (χ3n) is 16.0. The molecule has 1 atom stereocenters. The molecule has 0 aliphatic rings. The first-order chi connectivity index (χ1) is 37.5. The summed E-state index contributed by atoms with van der Waals surface area (Å²) in [5, 5.41) is 0. The standard InChI is InChI=1S/C70H134O6/c1-4-7-10-13-16-19-22-24-26-28-29-30-31-32-33-34-35-36-37-38-39-40-41-43-44-46-48-51-54-57-60-63-69(72)75-66-67(65-74-68(71)62-59-56-53-50-21-18-15-12-9-6-3)76-70(73)64-61-58-55-52-49-47-45-42-27-25-23-20-17-14-11-8-5-2/h28-29,67H,4-27,30-66H2,1-3H3/b29-28-. The number of allylic oxidation sites excluding steroid dienone is 2. The van der Waals surface area contributed by atoms with E-state index in [1.807, 2.05) is 0 Å². The third kappa shape index (κ3) is 63.0. The Bertz CT molecular complexity index is 1180. The van der Waals surface area contributed by atoms with Crippen LogP contribution in [0.5, 0.6) is 0 Å². The molecule has 6 nitrogen and oxygen atoms in total. The van der Waals surface area contributed by atoms with Crippen LogP contribution in [0.4, 0.5) is 0 Å². The second kappa shape index (κ2) is 65.7. The molecule has 0 amide bonds. The average molecular weight is 1070 g/mol. The molecule has 0 fully saturated rings. The van der Waals surface area contributed by atoms with Crippen molar-refractivity contribution in [3.63, 3.8) is 0 Å². The molecule has 6 heteroatoms. The Balaban J connectivity index is 4.05. The van der Waals surface area contributed by atoms with Gasteiger partial charge in [-0.2, -0.15) is 0 Å². The maximum atomic E-state index is 12.9. The lowest BCUT2D eigenvalue weighted by atomic mass is 10.0. The highest BCUT2D eigenvalue weighted by atomic mass is 16.6. The third-order valence-corrected chi connectivity index (χ3v) is 16.0. The van der Waals surface area contributed by atoms with Crippen LogP contribution in [0.15, 0.2) is 12.2 Å². The topological polar surface area (TPSA) is 78.9 Å². The van der Waals surface area contributed by atoms with E-state index in [2.05, 4.69) is 32.9 Å². The molecule has 76 heavy (non-hydrogen) atoms. The Hall–Kier alpha value is -1.85. The van der Waals surface area contributed by atoms with E-state index < -0.39 is 6.10 Å². The van der Waals surface area contributed by atoms with Gasteiger partial charge < -0.3 is 14.2 Å². The highest BCUT2D eigenvalue weighted by molar-refractivity contribution is 5.71. The summed E-state index contributed by atoms with van der Waals surface area (Å²) in [4.78, 5) is 38.2. The van der Waals surface area contributed by atoms with Gasteiger partial charge in [0, 0.05) is 19.3 Å². The van der Waals surface area contributed by atoms with Crippen LogP contribution in [-0.4, -0.2) is 37.2 Å². The predicted molar refractivity (Wildman–Crippen MR) is 330 cm³/mol. The number of ether oxygens (including phenoxy) is 3. The molecule has 0 N–H and O–H groups in total. The van der Waals surface area contributed by atoms with Crippen molar-refractivity contribution in [3.05, 3.63) is 12.2 Å². The molecule has 0 rings (SSSR count). The van der Waals surface area contributed by atoms with Crippen LogP contribution >= 0.6 is 0 Å². The van der Waals surface area contributed by atoms with Crippen LogP contribution < -0.4 is 0 Å². The van der Waals surface area contributed by atoms with Gasteiger partial charge in [0.15, 0.2) is 6.10 Å². The van der Waals surface area contributed by atoms with Crippen LogP contribution in [0, 0.1) is 0 Å². The highest BCUT2D eigenvalue weighted by Gasteiger charge is 2.19. The van der Waals surface area contributed by atoms with Gasteiger partial charge in [0.1, 0.15) is 13.2 Å². The second-order valence-electron chi connectivity index (χ2n) is 23.8. The molecule has 0 heterocycles. The Labute approximate surface area is 475 Å². The molecule has 0 aliphatic heterocycles. The Morgan fingerprint density at radius 2 is 0.434 bits per heavy atom. The van der Waals surface area contributed by atoms with E-state index in [4.69, 9.17) is 14.2 Å². The monoisotopic (exact) mass is 1070 g/mol. The van der Waals surface area contributed by atoms with Crippen LogP contribution in [0.25, 0.3) is 0 Å². The van der Waals surface area contributed by atoms with Gasteiger partial charge in [-0.15, -0.1) is 0 Å². The van der Waals surface area contributed by atoms with Crippen LogP contribution in [0.3, 0.4) is 0 Å². The Morgan fingerprint density at radius 3 is 0.658 bits per heavy atom. The first-order valence-corrected chi connectivity index (χ1v) is 34.7. The van der Waals surface area contributed by atoms with Gasteiger partial charge in [-0.05, 0) is 44.9 Å². The molecular formula is C70H134O6. The molecule has 0 saturated heterocycles. The summed E-state index contributed by atoms with van der Waals surface area (Å²) >= 11 is 0. The quantitative estimate of drug-likeness (QED) is 0.0261. The van der Waals surface area contributed by atoms with Crippen molar-refractivity contribution in [2.24, 2.45) is 0 Å². The first-order valence-electron chi connectivity index (χ1n) is 34.7. The Kier molecular flexibility index (Phi) is 64.1. The molecule has 0 saturated carbocycles. The fourth-order valence-electron chi connectivity index (χ4n) is 10.8. The highest BCUT2D eigenvalue weighted by Crippen LogP contribution is 2.19. The molecule has 0 radical (unpaired) electrons. The van der Waals surface area contributed by atoms with Crippen LogP contribution in [0.2, 0.25) is 0 Å². The first kappa shape index (κ1) is 74.2. The number of unbranched alkanes of at least 4 members (excludes halogenated alkanes) is 52. The number of carbonyl (C=O) groups excluding carboxylic acids is 3. The minimum atomic E-state index is -0.763. The molecule has 0 aromatic rings. The van der Waals surface area contributed by atoms with E-state index in [-0.39, 0.29) is 31.1 Å². The largest absolute Gasteiger partial charge is 0.462 e. The minimum absolute atomic E-state index is 0.0623. The number of hydrogen-bond acceptors (Lipinski definition) is 6. The van der Waals surface area contributed by atoms with Crippen molar-refractivity contribution in [2.75, 3.05) is 13.2 Å². The van der Waals surface area contributed by atoms with E-state index in [0.717, 1.165) is 57.8 Å². The maximum absolute atomic E-state index is 12.9. The fraction of sp³-hybridized carbons (Fsp3) is 0.929. The molecule has 450 valence electrons. The van der Waals surface area contributed by atoms with E-state index in [1.54, 1.807) is 0 Å². The number of hydrogen-bond donors (Lipinski definition) is 0. The van der Waals surface area contributed by atoms with Crippen molar-refractivity contribution in [1.82, 2.24) is 0 Å². The summed E-state index contributed by atoms with van der Waals surface area (Å²) in [6, 6.07) is 0. The summed E-state index contributed by atoms with van der Waals surface area (Å²) in [7, 11) is 0. The normalized spacial score (nSPS) is 12.0. The van der Waals surface area contributed by atoms with Gasteiger partial charge in [0.05, 0.1) is 0 Å². The number of esters is 3. The average Bonchev–Trinajstić information content (AvgIpc) is 3.42. The van der Waals surface area contributed by atoms with Crippen molar-refractivity contribution in [3.8, 4) is 0 Å². The van der Waals surface area contributed by atoms with Crippen molar-refractivity contribution < 1.29 is 28.6 Å². The molecule has 0 aromatic heterocycles. The predicted octanol–water partition coefficient (Wildman–Crippen LogP) is 23.6. The zero-order chi connectivity index (χ0) is 55.0. The van der Waals surface area contributed by atoms with Crippen LogP contribution in [0.1, 0.15) is 400 Å². The minimum Gasteiger partial charge on any atom is -0.462 e. The lowest BCUT2D eigenvalue weighted by Crippen LogP contribution is -2.30. The molecule has 0 aromatic carbocycles. The molecule has 0 bridgehead atoms. The van der Waals surface area contributed by atoms with E-state index in [1.165, 1.54) is 302 Å². The van der Waals surface area contributed by atoms with Gasteiger partial charge in [-0.25, -0.2) is 0 Å². The lowest BCUT2D eigenvalue weighted by Gasteiger charge is -2.18. The summed E-state index contributed by atoms with van der Waals surface area (Å²) in [6.45, 7) is 6.71. The molecule has 0 spiro atoms. The SMILES string of the molecule is CCCCCCCCCC/C=C\CCCCCCCCCCCCCCCCCCCCCC(=O)OCC(COC(=O)CCCCCCCCCCCC)OC(=O)CCCCCCCCCCCCCCCCCCC. The maximum Gasteiger partial charge on any atom is 0.306 e. The van der Waals surface area contributed by atoms with Crippen molar-refractivity contribution in [2.45, 2.75) is 406 Å². The number of carbonyl (C=O) groups is 3. The zero-order valence-corrected chi connectivity index (χ0v) is 51.8. The molecule has 1 unspecified atom stereocenters. The summed E-state index contributed by atoms with van der Waals surface area (Å²) in [5.74, 6) is -0.831. The fourth-order valence-corrected chi connectivity index (χ4v) is 10.8. The summed E-state index contributed by atoms with van der Waals surface area (Å²) in [5.41, 5.74) is 0. The van der Waals surface area contributed by atoms with Gasteiger partial charge >= 0.3 is 17.9 Å². The summed E-state index contributed by atoms with van der Waals surface area (Å²) < 4.78 is 16.9. The summed E-state index contributed by atoms with van der Waals surface area (Å²) in [6.07, 6.45) is 78.3. The van der Waals surface area contributed by atoms with E-state index in [9.17, 15) is 14.4 Å². The van der Waals surface area contributed by atoms with Gasteiger partial charge in [-0.3, -0.25) is 14.4 Å². The second-order valence-corrected chi connectivity index (χ2v) is 23.8. The number of rotatable bonds is 65. The van der Waals surface area contributed by atoms with Gasteiger partial charge in [0.2, 0.25) is 0 Å². The zero-order valence-electron chi connectivity index (χ0n) is 51.8. The van der Waals surface area contributed by atoms with E-state index in [0.29, 0.717) is 19.3 Å². The van der Waals surface area contributed by atoms with Crippen molar-refractivity contribution in [1.29, 1.82) is 0 Å². The van der Waals surface area contributed by atoms with E-state index >= 15 is 0 Å². The molecule has 0 aliphatic carbocycles. The lowest BCUT2D eigenvalue weighted by molar-refractivity contribution is -0.167. The van der Waals surface area contributed by atoms with Crippen LogP contribution in [-0.2, 0) is 28.6 Å². The van der Waals surface area contributed by atoms with Crippen molar-refractivity contribution >= 4 is 17.9 Å². The van der Waals surface area contributed by atoms with Gasteiger partial charge in [0.25, 0.3) is 0 Å². The molecular weight excluding hydrogens is 937 g/mol.